The number of anilines is 1. The third kappa shape index (κ3) is 4.28. The maximum Gasteiger partial charge on any atom is 0.435 e. The number of sulfonamides is 1. The van der Waals surface area contributed by atoms with Crippen molar-refractivity contribution in [2.24, 2.45) is 5.14 Å². The van der Waals surface area contributed by atoms with Gasteiger partial charge >= 0.3 is 6.18 Å². The third-order valence-electron chi connectivity index (χ3n) is 4.46. The molecule has 0 amide bonds. The summed E-state index contributed by atoms with van der Waals surface area (Å²) in [6.45, 7) is 2.64. The molecule has 2 N–H and O–H groups in total. The maximum atomic E-state index is 13.4. The zero-order valence-corrected chi connectivity index (χ0v) is 16.5. The standard InChI is InChI=1S/C19H19F3N4O2S/c1-3-25(2)14-8-6-7-13(11-14)16-12-18(19(20,21)22)24-26(16)15-9-4-5-10-17(15)29(23,27)28/h4-12H,3H2,1-2H3,(H2,23,27,28). The van der Waals surface area contributed by atoms with E-state index >= 15 is 0 Å². The van der Waals surface area contributed by atoms with Crippen molar-refractivity contribution in [3.63, 3.8) is 0 Å². The molecule has 2 aromatic carbocycles. The Kier molecular flexibility index (Phi) is 5.42. The van der Waals surface area contributed by atoms with Gasteiger partial charge in [-0.3, -0.25) is 0 Å². The van der Waals surface area contributed by atoms with Gasteiger partial charge in [0, 0.05) is 24.8 Å². The van der Waals surface area contributed by atoms with E-state index in [2.05, 4.69) is 5.10 Å². The Bertz CT molecular complexity index is 1140. The molecule has 1 heterocycles. The highest BCUT2D eigenvalue weighted by Crippen LogP contribution is 2.35. The Labute approximate surface area is 166 Å². The van der Waals surface area contributed by atoms with Crippen LogP contribution in [0.2, 0.25) is 0 Å². The highest BCUT2D eigenvalue weighted by atomic mass is 32.2. The summed E-state index contributed by atoms with van der Waals surface area (Å²) in [5, 5.41) is 8.92. The first-order valence-electron chi connectivity index (χ1n) is 8.63. The van der Waals surface area contributed by atoms with Crippen molar-refractivity contribution >= 4 is 15.7 Å². The van der Waals surface area contributed by atoms with Crippen molar-refractivity contribution < 1.29 is 21.6 Å². The molecule has 3 rings (SSSR count). The number of nitrogens with zero attached hydrogens (tertiary/aromatic N) is 3. The molecule has 0 atom stereocenters. The number of alkyl halides is 3. The first-order valence-corrected chi connectivity index (χ1v) is 10.2. The molecule has 6 nitrogen and oxygen atoms in total. The minimum absolute atomic E-state index is 0.0604. The third-order valence-corrected chi connectivity index (χ3v) is 5.42. The normalized spacial score (nSPS) is 12.2. The average Bonchev–Trinajstić information content (AvgIpc) is 3.12. The molecule has 10 heteroatoms. The van der Waals surface area contributed by atoms with Crippen LogP contribution in [0.1, 0.15) is 12.6 Å². The van der Waals surface area contributed by atoms with Gasteiger partial charge in [-0.1, -0.05) is 24.3 Å². The highest BCUT2D eigenvalue weighted by molar-refractivity contribution is 7.89. The zero-order valence-electron chi connectivity index (χ0n) is 15.7. The Morgan fingerprint density at radius 2 is 1.79 bits per heavy atom. The van der Waals surface area contributed by atoms with Gasteiger partial charge in [-0.2, -0.15) is 18.3 Å². The van der Waals surface area contributed by atoms with Crippen molar-refractivity contribution in [3.8, 4) is 16.9 Å². The number of benzene rings is 2. The van der Waals surface area contributed by atoms with Gasteiger partial charge in [0.1, 0.15) is 4.90 Å². The molecular weight excluding hydrogens is 405 g/mol. The quantitative estimate of drug-likeness (QED) is 0.678. The van der Waals surface area contributed by atoms with Gasteiger partial charge in [-0.05, 0) is 37.3 Å². The van der Waals surface area contributed by atoms with Gasteiger partial charge < -0.3 is 4.90 Å². The second-order valence-electron chi connectivity index (χ2n) is 6.40. The molecule has 3 aromatic rings. The van der Waals surface area contributed by atoms with Crippen LogP contribution >= 0.6 is 0 Å². The minimum Gasteiger partial charge on any atom is -0.375 e. The average molecular weight is 424 g/mol. The first-order chi connectivity index (χ1) is 13.5. The van der Waals surface area contributed by atoms with E-state index < -0.39 is 21.9 Å². The lowest BCUT2D eigenvalue weighted by Gasteiger charge is -2.18. The number of rotatable bonds is 5. The summed E-state index contributed by atoms with van der Waals surface area (Å²) < 4.78 is 65.0. The molecular formula is C19H19F3N4O2S. The van der Waals surface area contributed by atoms with E-state index in [9.17, 15) is 21.6 Å². The largest absolute Gasteiger partial charge is 0.435 e. The number of primary sulfonamides is 1. The lowest BCUT2D eigenvalue weighted by Crippen LogP contribution is -2.17. The summed E-state index contributed by atoms with van der Waals surface area (Å²) >= 11 is 0. The Morgan fingerprint density at radius 1 is 1.10 bits per heavy atom. The van der Waals surface area contributed by atoms with E-state index in [1.807, 2.05) is 24.9 Å². The van der Waals surface area contributed by atoms with E-state index in [4.69, 9.17) is 5.14 Å². The number of para-hydroxylation sites is 1. The lowest BCUT2D eigenvalue weighted by molar-refractivity contribution is -0.141. The fourth-order valence-electron chi connectivity index (χ4n) is 2.87. The molecule has 0 radical (unpaired) electrons. The van der Waals surface area contributed by atoms with Crippen molar-refractivity contribution in [3.05, 3.63) is 60.3 Å². The van der Waals surface area contributed by atoms with Gasteiger partial charge in [-0.15, -0.1) is 0 Å². The van der Waals surface area contributed by atoms with Crippen LogP contribution in [-0.4, -0.2) is 31.8 Å². The summed E-state index contributed by atoms with van der Waals surface area (Å²) in [6.07, 6.45) is -4.70. The molecule has 0 saturated carbocycles. The van der Waals surface area contributed by atoms with E-state index in [1.165, 1.54) is 24.3 Å². The second-order valence-corrected chi connectivity index (χ2v) is 7.93. The van der Waals surface area contributed by atoms with Crippen molar-refractivity contribution in [1.82, 2.24) is 9.78 Å². The SMILES string of the molecule is CCN(C)c1cccc(-c2cc(C(F)(F)F)nn2-c2ccccc2S(N)(=O)=O)c1. The summed E-state index contributed by atoms with van der Waals surface area (Å²) in [7, 11) is -2.33. The molecule has 0 aliphatic carbocycles. The summed E-state index contributed by atoms with van der Waals surface area (Å²) in [5.74, 6) is 0. The van der Waals surface area contributed by atoms with Crippen molar-refractivity contribution in [1.29, 1.82) is 0 Å². The summed E-state index contributed by atoms with van der Waals surface area (Å²) in [4.78, 5) is 1.60. The van der Waals surface area contributed by atoms with Gasteiger partial charge in [0.05, 0.1) is 11.4 Å². The molecule has 29 heavy (non-hydrogen) atoms. The van der Waals surface area contributed by atoms with Crippen LogP contribution in [0.15, 0.2) is 59.5 Å². The highest BCUT2D eigenvalue weighted by Gasteiger charge is 2.36. The molecule has 0 spiro atoms. The van der Waals surface area contributed by atoms with Crippen LogP contribution in [0.25, 0.3) is 16.9 Å². The monoisotopic (exact) mass is 424 g/mol. The van der Waals surface area contributed by atoms with Gasteiger partial charge in [-0.25, -0.2) is 18.2 Å². The van der Waals surface area contributed by atoms with Gasteiger partial charge in [0.25, 0.3) is 0 Å². The van der Waals surface area contributed by atoms with E-state index in [0.29, 0.717) is 12.1 Å². The Balaban J connectivity index is 2.29. The van der Waals surface area contributed by atoms with Gasteiger partial charge in [0.2, 0.25) is 10.0 Å². The molecule has 0 fully saturated rings. The van der Waals surface area contributed by atoms with Crippen molar-refractivity contribution in [2.75, 3.05) is 18.5 Å². The van der Waals surface area contributed by atoms with E-state index in [-0.39, 0.29) is 16.3 Å². The number of halogens is 3. The van der Waals surface area contributed by atoms with Crippen LogP contribution in [0.4, 0.5) is 18.9 Å². The predicted octanol–water partition coefficient (Wildman–Crippen LogP) is 3.66. The van der Waals surface area contributed by atoms with Crippen LogP contribution in [0, 0.1) is 0 Å². The van der Waals surface area contributed by atoms with Crippen LogP contribution in [0.3, 0.4) is 0 Å². The summed E-state index contributed by atoms with van der Waals surface area (Å²) in [5.41, 5.74) is 0.154. The lowest BCUT2D eigenvalue weighted by atomic mass is 10.1. The Morgan fingerprint density at radius 3 is 2.41 bits per heavy atom. The molecule has 0 saturated heterocycles. The molecule has 1 aromatic heterocycles. The molecule has 0 bridgehead atoms. The van der Waals surface area contributed by atoms with E-state index in [1.54, 1.807) is 18.2 Å². The summed E-state index contributed by atoms with van der Waals surface area (Å²) in [6, 6.07) is 13.3. The van der Waals surface area contributed by atoms with Gasteiger partial charge in [0.15, 0.2) is 5.69 Å². The topological polar surface area (TPSA) is 81.2 Å². The maximum absolute atomic E-state index is 13.4. The molecule has 0 aliphatic heterocycles. The fourth-order valence-corrected chi connectivity index (χ4v) is 3.58. The van der Waals surface area contributed by atoms with E-state index in [0.717, 1.165) is 16.4 Å². The van der Waals surface area contributed by atoms with Crippen molar-refractivity contribution in [2.45, 2.75) is 18.0 Å². The number of hydrogen-bond donors (Lipinski definition) is 1. The smallest absolute Gasteiger partial charge is 0.375 e. The van der Waals surface area contributed by atoms with Crippen LogP contribution in [0.5, 0.6) is 0 Å². The molecule has 154 valence electrons. The van der Waals surface area contributed by atoms with Crippen LogP contribution in [-0.2, 0) is 16.2 Å². The number of aromatic nitrogens is 2. The second kappa shape index (κ2) is 7.53. The molecule has 0 unspecified atom stereocenters. The number of hydrogen-bond acceptors (Lipinski definition) is 4. The van der Waals surface area contributed by atoms with Crippen LogP contribution < -0.4 is 10.0 Å². The minimum atomic E-state index is -4.70. The Hall–Kier alpha value is -2.85. The number of nitrogens with two attached hydrogens (primary N) is 1. The molecule has 0 aliphatic rings. The predicted molar refractivity (Wildman–Crippen MR) is 104 cm³/mol. The fraction of sp³-hybridized carbons (Fsp3) is 0.211. The first kappa shape index (κ1) is 20.9. The zero-order chi connectivity index (χ0) is 21.4.